The van der Waals surface area contributed by atoms with Crippen molar-refractivity contribution in [2.24, 2.45) is 0 Å². The molecule has 1 fully saturated rings. The highest BCUT2D eigenvalue weighted by molar-refractivity contribution is 6.17. The zero-order valence-electron chi connectivity index (χ0n) is 12.3. The van der Waals surface area contributed by atoms with Crippen LogP contribution in [0, 0.1) is 0 Å². The van der Waals surface area contributed by atoms with Gasteiger partial charge < -0.3 is 0 Å². The summed E-state index contributed by atoms with van der Waals surface area (Å²) in [6, 6.07) is 16.9. The van der Waals surface area contributed by atoms with Crippen LogP contribution < -0.4 is 9.80 Å². The number of para-hydroxylation sites is 2. The van der Waals surface area contributed by atoms with Gasteiger partial charge in [-0.2, -0.15) is 0 Å². The van der Waals surface area contributed by atoms with Crippen LogP contribution in [0.5, 0.6) is 0 Å². The van der Waals surface area contributed by atoms with Gasteiger partial charge in [0.25, 0.3) is 5.91 Å². The van der Waals surface area contributed by atoms with Crippen molar-refractivity contribution in [3.05, 3.63) is 60.2 Å². The first kappa shape index (κ1) is 13.1. The third kappa shape index (κ3) is 1.58. The summed E-state index contributed by atoms with van der Waals surface area (Å²) < 4.78 is 0. The minimum Gasteiger partial charge on any atom is -0.288 e. The van der Waals surface area contributed by atoms with Crippen molar-refractivity contribution in [1.82, 2.24) is 0 Å². The monoisotopic (exact) mass is 292 g/mol. The zero-order chi connectivity index (χ0) is 15.3. The number of hydrogen-bond donors (Lipinski definition) is 0. The smallest absolute Gasteiger partial charge is 0.262 e. The minimum absolute atomic E-state index is 0.0461. The Kier molecular flexibility index (Phi) is 2.64. The molecule has 0 spiro atoms. The Morgan fingerprint density at radius 1 is 0.909 bits per heavy atom. The van der Waals surface area contributed by atoms with Gasteiger partial charge in [0.2, 0.25) is 5.91 Å². The molecule has 0 aromatic heterocycles. The molecular formula is C18H16N2O2. The first-order valence-corrected chi connectivity index (χ1v) is 7.45. The van der Waals surface area contributed by atoms with Crippen LogP contribution in [-0.4, -0.2) is 17.5 Å². The summed E-state index contributed by atoms with van der Waals surface area (Å²) in [5.74, 6) is 0.0265. The molecule has 0 aliphatic carbocycles. The number of rotatable bonds is 1. The molecule has 4 rings (SSSR count). The molecule has 2 aliphatic rings. The highest BCUT2D eigenvalue weighted by Crippen LogP contribution is 2.45. The number of nitrogens with zero attached hydrogens (tertiary/aromatic N) is 2. The first-order valence-electron chi connectivity index (χ1n) is 7.45. The van der Waals surface area contributed by atoms with Gasteiger partial charge in [0, 0.05) is 12.1 Å². The molecule has 1 atom stereocenters. The minimum atomic E-state index is -0.635. The van der Waals surface area contributed by atoms with Gasteiger partial charge in [0.15, 0.2) is 0 Å². The SMILES string of the molecule is C[C@@]12CCC(=O)N1c1ccccc1C(=O)N2c1ccccc1. The highest BCUT2D eigenvalue weighted by Gasteiger charge is 2.53. The summed E-state index contributed by atoms with van der Waals surface area (Å²) in [6.07, 6.45) is 1.10. The molecule has 2 aromatic carbocycles. The maximum absolute atomic E-state index is 13.1. The van der Waals surface area contributed by atoms with Gasteiger partial charge in [0.05, 0.1) is 11.3 Å². The molecule has 2 aliphatic heterocycles. The topological polar surface area (TPSA) is 40.6 Å². The molecular weight excluding hydrogens is 276 g/mol. The number of amides is 2. The van der Waals surface area contributed by atoms with E-state index in [0.717, 1.165) is 11.4 Å². The Bertz CT molecular complexity index is 772. The molecule has 22 heavy (non-hydrogen) atoms. The van der Waals surface area contributed by atoms with E-state index in [1.165, 1.54) is 0 Å². The fourth-order valence-electron chi connectivity index (χ4n) is 3.60. The predicted octanol–water partition coefficient (Wildman–Crippen LogP) is 3.19. The standard InChI is InChI=1S/C18H16N2O2/c1-18-12-11-16(21)20(18)15-10-6-5-9-14(15)17(22)19(18)13-7-3-2-4-8-13/h2-10H,11-12H2,1H3/t18-/m0/s1. The molecule has 0 unspecified atom stereocenters. The third-order valence-corrected chi connectivity index (χ3v) is 4.62. The van der Waals surface area contributed by atoms with Gasteiger partial charge in [-0.15, -0.1) is 0 Å². The van der Waals surface area contributed by atoms with E-state index in [9.17, 15) is 9.59 Å². The van der Waals surface area contributed by atoms with Crippen molar-refractivity contribution in [1.29, 1.82) is 0 Å². The Hall–Kier alpha value is -2.62. The van der Waals surface area contributed by atoms with Crippen LogP contribution in [0.4, 0.5) is 11.4 Å². The lowest BCUT2D eigenvalue weighted by molar-refractivity contribution is -0.117. The van der Waals surface area contributed by atoms with E-state index in [1.807, 2.05) is 55.5 Å². The van der Waals surface area contributed by atoms with E-state index in [2.05, 4.69) is 0 Å². The summed E-state index contributed by atoms with van der Waals surface area (Å²) in [4.78, 5) is 29.1. The van der Waals surface area contributed by atoms with Crippen molar-refractivity contribution in [2.75, 3.05) is 9.80 Å². The largest absolute Gasteiger partial charge is 0.288 e. The molecule has 2 aromatic rings. The van der Waals surface area contributed by atoms with Crippen LogP contribution >= 0.6 is 0 Å². The fourth-order valence-corrected chi connectivity index (χ4v) is 3.60. The van der Waals surface area contributed by atoms with E-state index in [1.54, 1.807) is 15.9 Å². The summed E-state index contributed by atoms with van der Waals surface area (Å²) in [5, 5.41) is 0. The van der Waals surface area contributed by atoms with Gasteiger partial charge >= 0.3 is 0 Å². The quantitative estimate of drug-likeness (QED) is 0.810. The van der Waals surface area contributed by atoms with Gasteiger partial charge in [-0.25, -0.2) is 0 Å². The van der Waals surface area contributed by atoms with Gasteiger partial charge in [-0.3, -0.25) is 19.4 Å². The van der Waals surface area contributed by atoms with Gasteiger partial charge in [0.1, 0.15) is 5.66 Å². The Balaban J connectivity index is 1.97. The predicted molar refractivity (Wildman–Crippen MR) is 84.8 cm³/mol. The van der Waals surface area contributed by atoms with E-state index >= 15 is 0 Å². The van der Waals surface area contributed by atoms with Crippen molar-refractivity contribution < 1.29 is 9.59 Å². The van der Waals surface area contributed by atoms with Crippen LogP contribution in [0.15, 0.2) is 54.6 Å². The second-order valence-corrected chi connectivity index (χ2v) is 5.94. The Morgan fingerprint density at radius 3 is 2.36 bits per heavy atom. The van der Waals surface area contributed by atoms with Crippen LogP contribution in [-0.2, 0) is 4.79 Å². The van der Waals surface area contributed by atoms with Crippen molar-refractivity contribution in [3.8, 4) is 0 Å². The zero-order valence-corrected chi connectivity index (χ0v) is 12.3. The molecule has 0 saturated carbocycles. The number of fused-ring (bicyclic) bond motifs is 3. The van der Waals surface area contributed by atoms with Gasteiger partial charge in [-0.05, 0) is 37.6 Å². The molecule has 4 heteroatoms. The summed E-state index contributed by atoms with van der Waals surface area (Å²) >= 11 is 0. The lowest BCUT2D eigenvalue weighted by Gasteiger charge is -2.48. The van der Waals surface area contributed by atoms with Crippen LogP contribution in [0.3, 0.4) is 0 Å². The van der Waals surface area contributed by atoms with Crippen molar-refractivity contribution in [3.63, 3.8) is 0 Å². The lowest BCUT2D eigenvalue weighted by Crippen LogP contribution is -2.62. The van der Waals surface area contributed by atoms with Gasteiger partial charge in [-0.1, -0.05) is 30.3 Å². The number of carbonyl (C=O) groups is 2. The maximum Gasteiger partial charge on any atom is 0.262 e. The maximum atomic E-state index is 13.1. The van der Waals surface area contributed by atoms with E-state index in [0.29, 0.717) is 18.4 Å². The molecule has 2 amide bonds. The Labute approximate surface area is 129 Å². The second kappa shape index (κ2) is 4.44. The molecule has 0 N–H and O–H groups in total. The van der Waals surface area contributed by atoms with Crippen molar-refractivity contribution in [2.45, 2.75) is 25.4 Å². The average Bonchev–Trinajstić information content (AvgIpc) is 2.84. The summed E-state index contributed by atoms with van der Waals surface area (Å²) in [6.45, 7) is 1.97. The number of hydrogen-bond acceptors (Lipinski definition) is 2. The first-order chi connectivity index (χ1) is 10.6. The van der Waals surface area contributed by atoms with Crippen LogP contribution in [0.25, 0.3) is 0 Å². The average molecular weight is 292 g/mol. The Morgan fingerprint density at radius 2 is 1.59 bits per heavy atom. The van der Waals surface area contributed by atoms with E-state index in [4.69, 9.17) is 0 Å². The number of carbonyl (C=O) groups excluding carboxylic acids is 2. The fraction of sp³-hybridized carbons (Fsp3) is 0.222. The highest BCUT2D eigenvalue weighted by atomic mass is 16.2. The molecule has 4 nitrogen and oxygen atoms in total. The number of anilines is 2. The normalized spacial score (nSPS) is 23.5. The summed E-state index contributed by atoms with van der Waals surface area (Å²) in [5.41, 5.74) is 1.50. The molecule has 0 bridgehead atoms. The van der Waals surface area contributed by atoms with Crippen LogP contribution in [0.1, 0.15) is 30.1 Å². The van der Waals surface area contributed by atoms with Crippen molar-refractivity contribution >= 4 is 23.2 Å². The van der Waals surface area contributed by atoms with E-state index < -0.39 is 5.66 Å². The molecule has 2 heterocycles. The molecule has 1 saturated heterocycles. The third-order valence-electron chi connectivity index (χ3n) is 4.62. The molecule has 0 radical (unpaired) electrons. The lowest BCUT2D eigenvalue weighted by atomic mass is 9.97. The van der Waals surface area contributed by atoms with Crippen LogP contribution in [0.2, 0.25) is 0 Å². The number of benzene rings is 2. The molecule has 110 valence electrons. The van der Waals surface area contributed by atoms with E-state index in [-0.39, 0.29) is 11.8 Å². The second-order valence-electron chi connectivity index (χ2n) is 5.94. The summed E-state index contributed by atoms with van der Waals surface area (Å²) in [7, 11) is 0.